The van der Waals surface area contributed by atoms with Gasteiger partial charge in [0.15, 0.2) is 0 Å². The Morgan fingerprint density at radius 3 is 2.64 bits per heavy atom. The molecular weight excluding hydrogens is 327 g/mol. The molecule has 2 N–H and O–H groups in total. The lowest BCUT2D eigenvalue weighted by molar-refractivity contribution is 0.260. The highest BCUT2D eigenvalue weighted by Gasteiger charge is 2.43. The average Bonchev–Trinajstić information content (AvgIpc) is 2.88. The average molecular weight is 349 g/mol. The minimum Gasteiger partial charge on any atom is -0.327 e. The Hall–Kier alpha value is -0.690. The molecule has 22 heavy (non-hydrogen) atoms. The molecule has 1 aromatic rings. The van der Waals surface area contributed by atoms with Gasteiger partial charge in [0.05, 0.1) is 4.90 Å². The number of halogens is 2. The van der Waals surface area contributed by atoms with Crippen molar-refractivity contribution in [3.8, 4) is 0 Å². The van der Waals surface area contributed by atoms with Crippen LogP contribution >= 0.6 is 12.4 Å². The molecule has 3 rings (SSSR count). The van der Waals surface area contributed by atoms with Crippen LogP contribution in [0.1, 0.15) is 24.8 Å². The molecule has 2 aliphatic rings. The van der Waals surface area contributed by atoms with Crippen molar-refractivity contribution in [1.82, 2.24) is 4.31 Å². The summed E-state index contributed by atoms with van der Waals surface area (Å²) in [5, 5.41) is 0. The van der Waals surface area contributed by atoms with Crippen LogP contribution in [0.2, 0.25) is 0 Å². The molecule has 1 aliphatic carbocycles. The Balaban J connectivity index is 0.00000176. The minimum absolute atomic E-state index is 0. The summed E-state index contributed by atoms with van der Waals surface area (Å²) in [6.07, 6.45) is 3.07. The number of benzene rings is 1. The maximum Gasteiger partial charge on any atom is 0.243 e. The zero-order valence-electron chi connectivity index (χ0n) is 12.5. The fourth-order valence-electron chi connectivity index (χ4n) is 3.56. The molecule has 1 aromatic carbocycles. The van der Waals surface area contributed by atoms with Crippen LogP contribution in [0.3, 0.4) is 0 Å². The van der Waals surface area contributed by atoms with E-state index in [4.69, 9.17) is 5.73 Å². The molecule has 0 spiro atoms. The lowest BCUT2D eigenvalue weighted by Gasteiger charge is -2.29. The molecule has 2 fully saturated rings. The molecule has 1 saturated heterocycles. The van der Waals surface area contributed by atoms with Crippen molar-refractivity contribution in [1.29, 1.82) is 0 Å². The topological polar surface area (TPSA) is 63.4 Å². The van der Waals surface area contributed by atoms with E-state index < -0.39 is 15.8 Å². The molecule has 3 atom stereocenters. The second-order valence-electron chi connectivity index (χ2n) is 6.25. The predicted octanol–water partition coefficient (Wildman–Crippen LogP) is 2.30. The first-order valence-electron chi connectivity index (χ1n) is 7.41. The summed E-state index contributed by atoms with van der Waals surface area (Å²) in [5.74, 6) is 0.104. The van der Waals surface area contributed by atoms with Crippen LogP contribution in [0.4, 0.5) is 4.39 Å². The number of rotatable bonds is 2. The predicted molar refractivity (Wildman–Crippen MR) is 86.0 cm³/mol. The van der Waals surface area contributed by atoms with Crippen LogP contribution in [0, 0.1) is 24.6 Å². The summed E-state index contributed by atoms with van der Waals surface area (Å²) in [6, 6.07) is 4.19. The maximum atomic E-state index is 13.7. The number of hydrogen-bond donors (Lipinski definition) is 1. The Morgan fingerprint density at radius 1 is 1.27 bits per heavy atom. The van der Waals surface area contributed by atoms with Crippen LogP contribution in [0.15, 0.2) is 23.1 Å². The largest absolute Gasteiger partial charge is 0.327 e. The fraction of sp³-hybridized carbons (Fsp3) is 0.600. The second-order valence-corrected chi connectivity index (χ2v) is 8.19. The van der Waals surface area contributed by atoms with Crippen LogP contribution in [0.5, 0.6) is 0 Å². The maximum absolute atomic E-state index is 13.7. The lowest BCUT2D eigenvalue weighted by Crippen LogP contribution is -2.38. The zero-order valence-corrected chi connectivity index (χ0v) is 14.2. The van der Waals surface area contributed by atoms with E-state index in [1.165, 1.54) is 16.4 Å². The van der Waals surface area contributed by atoms with E-state index in [1.54, 1.807) is 6.92 Å². The summed E-state index contributed by atoms with van der Waals surface area (Å²) in [5.41, 5.74) is 6.58. The van der Waals surface area contributed by atoms with Gasteiger partial charge in [-0.2, -0.15) is 4.31 Å². The first-order chi connectivity index (χ1) is 9.89. The van der Waals surface area contributed by atoms with E-state index in [0.717, 1.165) is 25.3 Å². The standard InChI is InChI=1S/C15H21FN2O2S.ClH/c1-10-5-6-12(7-14(10)16)21(19,20)18-8-11-3-2-4-15(17)13(11)9-18;/h5-7,11,13,15H,2-4,8-9,17H2,1H3;1H. The summed E-state index contributed by atoms with van der Waals surface area (Å²) in [4.78, 5) is 0.0396. The number of nitrogens with two attached hydrogens (primary N) is 1. The fourth-order valence-corrected chi connectivity index (χ4v) is 5.10. The van der Waals surface area contributed by atoms with Gasteiger partial charge in [-0.15, -0.1) is 12.4 Å². The van der Waals surface area contributed by atoms with Crippen LogP contribution in [-0.2, 0) is 10.0 Å². The van der Waals surface area contributed by atoms with Crippen molar-refractivity contribution in [2.75, 3.05) is 13.1 Å². The Kier molecular flexibility index (Phi) is 5.16. The number of aryl methyl sites for hydroxylation is 1. The SMILES string of the molecule is Cc1ccc(S(=O)(=O)N2CC3CCCC(N)C3C2)cc1F.Cl. The van der Waals surface area contributed by atoms with Gasteiger partial charge in [0.25, 0.3) is 0 Å². The zero-order chi connectivity index (χ0) is 15.2. The van der Waals surface area contributed by atoms with E-state index in [1.807, 2.05) is 0 Å². The number of nitrogens with zero attached hydrogens (tertiary/aromatic N) is 1. The molecule has 1 heterocycles. The number of sulfonamides is 1. The van der Waals surface area contributed by atoms with Gasteiger partial charge in [0.1, 0.15) is 5.82 Å². The molecule has 7 heteroatoms. The molecule has 124 valence electrons. The van der Waals surface area contributed by atoms with Crippen molar-refractivity contribution >= 4 is 22.4 Å². The van der Waals surface area contributed by atoms with E-state index in [2.05, 4.69) is 0 Å². The Labute approximate surface area is 137 Å². The van der Waals surface area contributed by atoms with Crippen LogP contribution in [-0.4, -0.2) is 31.9 Å². The summed E-state index contributed by atoms with van der Waals surface area (Å²) >= 11 is 0. The number of hydrogen-bond acceptors (Lipinski definition) is 3. The molecule has 3 unspecified atom stereocenters. The van der Waals surface area contributed by atoms with Crippen molar-refractivity contribution in [2.24, 2.45) is 17.6 Å². The van der Waals surface area contributed by atoms with Crippen molar-refractivity contribution in [3.05, 3.63) is 29.6 Å². The Bertz CT molecular complexity index is 653. The Morgan fingerprint density at radius 2 is 2.00 bits per heavy atom. The molecule has 0 amide bonds. The summed E-state index contributed by atoms with van der Waals surface area (Å²) in [7, 11) is -3.62. The minimum atomic E-state index is -3.62. The summed E-state index contributed by atoms with van der Waals surface area (Å²) < 4.78 is 40.5. The van der Waals surface area contributed by atoms with Gasteiger partial charge in [-0.3, -0.25) is 0 Å². The third-order valence-electron chi connectivity index (χ3n) is 4.90. The van der Waals surface area contributed by atoms with E-state index in [0.29, 0.717) is 24.6 Å². The normalized spacial score (nSPS) is 29.0. The van der Waals surface area contributed by atoms with Gasteiger partial charge in [0.2, 0.25) is 10.0 Å². The van der Waals surface area contributed by atoms with E-state index >= 15 is 0 Å². The van der Waals surface area contributed by atoms with E-state index in [-0.39, 0.29) is 29.3 Å². The number of fused-ring (bicyclic) bond motifs is 1. The van der Waals surface area contributed by atoms with Gasteiger partial charge in [-0.05, 0) is 49.3 Å². The van der Waals surface area contributed by atoms with Crippen LogP contribution < -0.4 is 5.73 Å². The highest BCUT2D eigenvalue weighted by molar-refractivity contribution is 7.89. The monoisotopic (exact) mass is 348 g/mol. The van der Waals surface area contributed by atoms with Crippen LogP contribution in [0.25, 0.3) is 0 Å². The molecule has 0 radical (unpaired) electrons. The van der Waals surface area contributed by atoms with Crippen molar-refractivity contribution in [3.63, 3.8) is 0 Å². The highest BCUT2D eigenvalue weighted by atomic mass is 35.5. The van der Waals surface area contributed by atoms with Gasteiger partial charge in [-0.1, -0.05) is 12.5 Å². The third-order valence-corrected chi connectivity index (χ3v) is 6.73. The molecule has 1 saturated carbocycles. The molecule has 1 aliphatic heterocycles. The third kappa shape index (κ3) is 3.02. The quantitative estimate of drug-likeness (QED) is 0.892. The first-order valence-corrected chi connectivity index (χ1v) is 8.85. The van der Waals surface area contributed by atoms with Gasteiger partial charge in [0, 0.05) is 19.1 Å². The first kappa shape index (κ1) is 17.7. The van der Waals surface area contributed by atoms with Gasteiger partial charge in [-0.25, -0.2) is 12.8 Å². The summed E-state index contributed by atoms with van der Waals surface area (Å²) in [6.45, 7) is 2.59. The van der Waals surface area contributed by atoms with E-state index in [9.17, 15) is 12.8 Å². The molecule has 0 aromatic heterocycles. The highest BCUT2D eigenvalue weighted by Crippen LogP contribution is 2.37. The second kappa shape index (κ2) is 6.43. The van der Waals surface area contributed by atoms with Crippen molar-refractivity contribution in [2.45, 2.75) is 37.1 Å². The van der Waals surface area contributed by atoms with Crippen molar-refractivity contribution < 1.29 is 12.8 Å². The molecule has 4 nitrogen and oxygen atoms in total. The van der Waals surface area contributed by atoms with Gasteiger partial charge < -0.3 is 5.73 Å². The molecular formula is C15H22ClFN2O2S. The van der Waals surface area contributed by atoms with Gasteiger partial charge >= 0.3 is 0 Å². The smallest absolute Gasteiger partial charge is 0.243 e. The lowest BCUT2D eigenvalue weighted by atomic mass is 9.78. The molecule has 0 bridgehead atoms.